The Balaban J connectivity index is 0.00000109. The number of pyridine rings is 1. The van der Waals surface area contributed by atoms with Crippen LogP contribution in [0.15, 0.2) is 29.2 Å². The minimum absolute atomic E-state index is 0. The van der Waals surface area contributed by atoms with E-state index in [1.165, 1.54) is 0 Å². The summed E-state index contributed by atoms with van der Waals surface area (Å²) in [5.74, 6) is -0.0312. The normalized spacial score (nSPS) is 16.4. The predicted molar refractivity (Wildman–Crippen MR) is 103 cm³/mol. The minimum atomic E-state index is -0.542. The van der Waals surface area contributed by atoms with Crippen LogP contribution in [0.5, 0.6) is 0 Å². The third-order valence-electron chi connectivity index (χ3n) is 4.35. The summed E-state index contributed by atoms with van der Waals surface area (Å²) >= 11 is 0. The Bertz CT molecular complexity index is 795. The van der Waals surface area contributed by atoms with Crippen molar-refractivity contribution in [2.75, 3.05) is 19.7 Å². The SMILES string of the molecule is CC.CCOC(=O)c1cn(CC2CCNC2)c2ccc(C)cc2c1=O.[HH]. The second-order valence-corrected chi connectivity index (χ2v) is 6.12. The van der Waals surface area contributed by atoms with Gasteiger partial charge in [0.25, 0.3) is 0 Å². The van der Waals surface area contributed by atoms with Crippen molar-refractivity contribution in [1.29, 1.82) is 0 Å². The molecule has 1 saturated heterocycles. The monoisotopic (exact) mass is 346 g/mol. The largest absolute Gasteiger partial charge is 0.462 e. The predicted octanol–water partition coefficient (Wildman–Crippen LogP) is 3.37. The van der Waals surface area contributed by atoms with Gasteiger partial charge in [0.2, 0.25) is 5.43 Å². The van der Waals surface area contributed by atoms with E-state index in [4.69, 9.17) is 4.74 Å². The molecular formula is C20H30N2O3. The van der Waals surface area contributed by atoms with Crippen molar-refractivity contribution < 1.29 is 11.0 Å². The Hall–Kier alpha value is -2.14. The quantitative estimate of drug-likeness (QED) is 0.862. The summed E-state index contributed by atoms with van der Waals surface area (Å²) in [6.07, 6.45) is 2.77. The van der Waals surface area contributed by atoms with Gasteiger partial charge in [-0.05, 0) is 51.4 Å². The lowest BCUT2D eigenvalue weighted by Crippen LogP contribution is -2.23. The number of ether oxygens (including phenoxy) is 1. The maximum atomic E-state index is 12.7. The van der Waals surface area contributed by atoms with Crippen molar-refractivity contribution in [3.63, 3.8) is 0 Å². The zero-order valence-corrected chi connectivity index (χ0v) is 15.6. The van der Waals surface area contributed by atoms with Crippen LogP contribution < -0.4 is 10.7 Å². The molecule has 0 spiro atoms. The number of aromatic nitrogens is 1. The third-order valence-corrected chi connectivity index (χ3v) is 4.35. The molecule has 3 rings (SSSR count). The molecule has 0 saturated carbocycles. The van der Waals surface area contributed by atoms with E-state index >= 15 is 0 Å². The summed E-state index contributed by atoms with van der Waals surface area (Å²) in [7, 11) is 0. The number of aryl methyl sites for hydroxylation is 1. The van der Waals surface area contributed by atoms with Crippen LogP contribution >= 0.6 is 0 Å². The van der Waals surface area contributed by atoms with Crippen molar-refractivity contribution >= 4 is 16.9 Å². The molecule has 1 unspecified atom stereocenters. The number of carbonyl (C=O) groups excluding carboxylic acids is 1. The fraction of sp³-hybridized carbons (Fsp3) is 0.500. The molecule has 0 aliphatic carbocycles. The number of nitrogens with zero attached hydrogens (tertiary/aromatic N) is 1. The van der Waals surface area contributed by atoms with Crippen molar-refractivity contribution in [3.05, 3.63) is 45.7 Å². The Labute approximate surface area is 150 Å². The van der Waals surface area contributed by atoms with Gasteiger partial charge in [-0.15, -0.1) is 0 Å². The zero-order chi connectivity index (χ0) is 18.4. The molecule has 5 heteroatoms. The number of fused-ring (bicyclic) bond motifs is 1. The third kappa shape index (κ3) is 4.28. The lowest BCUT2D eigenvalue weighted by atomic mass is 10.1. The molecule has 1 atom stereocenters. The van der Waals surface area contributed by atoms with E-state index in [1.54, 1.807) is 13.1 Å². The van der Waals surface area contributed by atoms with Gasteiger partial charge in [-0.1, -0.05) is 25.5 Å². The molecule has 1 aliphatic rings. The van der Waals surface area contributed by atoms with Crippen LogP contribution in [-0.2, 0) is 11.3 Å². The van der Waals surface area contributed by atoms with E-state index < -0.39 is 5.97 Å². The van der Waals surface area contributed by atoms with Gasteiger partial charge in [0.1, 0.15) is 5.56 Å². The zero-order valence-electron chi connectivity index (χ0n) is 15.6. The van der Waals surface area contributed by atoms with Gasteiger partial charge < -0.3 is 14.6 Å². The van der Waals surface area contributed by atoms with Crippen molar-refractivity contribution in [2.45, 2.75) is 40.7 Å². The number of hydrogen-bond acceptors (Lipinski definition) is 4. The van der Waals surface area contributed by atoms with Crippen LogP contribution in [-0.4, -0.2) is 30.2 Å². The van der Waals surface area contributed by atoms with E-state index in [-0.39, 0.29) is 19.0 Å². The maximum absolute atomic E-state index is 12.7. The van der Waals surface area contributed by atoms with Crippen molar-refractivity contribution in [3.8, 4) is 0 Å². The van der Waals surface area contributed by atoms with Gasteiger partial charge in [-0.3, -0.25) is 4.79 Å². The van der Waals surface area contributed by atoms with Crippen molar-refractivity contribution in [2.24, 2.45) is 5.92 Å². The highest BCUT2D eigenvalue weighted by Crippen LogP contribution is 2.18. The number of hydrogen-bond donors (Lipinski definition) is 1. The average Bonchev–Trinajstić information content (AvgIpc) is 3.12. The van der Waals surface area contributed by atoms with Gasteiger partial charge in [-0.2, -0.15) is 0 Å². The first-order chi connectivity index (χ1) is 12.1. The summed E-state index contributed by atoms with van der Waals surface area (Å²) < 4.78 is 7.08. The first kappa shape index (κ1) is 19.2. The fourth-order valence-electron chi connectivity index (χ4n) is 3.17. The van der Waals surface area contributed by atoms with Gasteiger partial charge in [-0.25, -0.2) is 4.79 Å². The molecular weight excluding hydrogens is 316 g/mol. The summed E-state index contributed by atoms with van der Waals surface area (Å²) in [5.41, 5.74) is 1.75. The molecule has 0 bridgehead atoms. The van der Waals surface area contributed by atoms with Gasteiger partial charge >= 0.3 is 5.97 Å². The summed E-state index contributed by atoms with van der Waals surface area (Å²) in [5, 5.41) is 3.94. The number of carbonyl (C=O) groups is 1. The molecule has 1 aromatic carbocycles. The van der Waals surface area contributed by atoms with Crippen LogP contribution in [0, 0.1) is 12.8 Å². The number of benzene rings is 1. The molecule has 1 N–H and O–H groups in total. The lowest BCUT2D eigenvalue weighted by molar-refractivity contribution is 0.0524. The van der Waals surface area contributed by atoms with Crippen LogP contribution in [0.3, 0.4) is 0 Å². The van der Waals surface area contributed by atoms with E-state index in [9.17, 15) is 9.59 Å². The van der Waals surface area contributed by atoms with Crippen LogP contribution in [0.1, 0.15) is 44.5 Å². The molecule has 1 aromatic heterocycles. The highest BCUT2D eigenvalue weighted by atomic mass is 16.5. The smallest absolute Gasteiger partial charge is 0.343 e. The molecule has 25 heavy (non-hydrogen) atoms. The highest BCUT2D eigenvalue weighted by Gasteiger charge is 2.20. The first-order valence-corrected chi connectivity index (χ1v) is 9.11. The van der Waals surface area contributed by atoms with Crippen molar-refractivity contribution in [1.82, 2.24) is 9.88 Å². The summed E-state index contributed by atoms with van der Waals surface area (Å²) in [4.78, 5) is 24.8. The Morgan fingerprint density at radius 3 is 2.80 bits per heavy atom. The Kier molecular flexibility index (Phi) is 6.76. The topological polar surface area (TPSA) is 60.3 Å². The molecule has 138 valence electrons. The Morgan fingerprint density at radius 1 is 1.40 bits per heavy atom. The maximum Gasteiger partial charge on any atom is 0.343 e. The van der Waals surface area contributed by atoms with E-state index in [1.807, 2.05) is 43.5 Å². The lowest BCUT2D eigenvalue weighted by Gasteiger charge is -2.16. The molecule has 2 aromatic rings. The number of nitrogens with one attached hydrogen (secondary N) is 1. The van der Waals surface area contributed by atoms with Crippen LogP contribution in [0.2, 0.25) is 0 Å². The standard InChI is InChI=1S/C18H22N2O3.C2H6.H2/c1-3-23-18(22)15-11-20(10-13-6-7-19-9-13)16-5-4-12(2)8-14(16)17(15)21;1-2;/h4-5,8,11,13,19H,3,6-7,9-10H2,1-2H3;1-2H3;1H. The second kappa shape index (κ2) is 8.81. The number of rotatable bonds is 4. The average molecular weight is 346 g/mol. The molecule has 0 amide bonds. The molecule has 1 aliphatic heterocycles. The molecule has 0 radical (unpaired) electrons. The number of esters is 1. The molecule has 5 nitrogen and oxygen atoms in total. The van der Waals surface area contributed by atoms with E-state index in [2.05, 4.69) is 5.32 Å². The highest BCUT2D eigenvalue weighted by molar-refractivity contribution is 5.93. The van der Waals surface area contributed by atoms with Gasteiger partial charge in [0.15, 0.2) is 0 Å². The van der Waals surface area contributed by atoms with E-state index in [0.29, 0.717) is 11.3 Å². The first-order valence-electron chi connectivity index (χ1n) is 9.11. The van der Waals surface area contributed by atoms with Crippen LogP contribution in [0.4, 0.5) is 0 Å². The minimum Gasteiger partial charge on any atom is -0.462 e. The van der Waals surface area contributed by atoms with Gasteiger partial charge in [0, 0.05) is 19.6 Å². The fourth-order valence-corrected chi connectivity index (χ4v) is 3.17. The molecule has 1 fully saturated rings. The Morgan fingerprint density at radius 2 is 2.16 bits per heavy atom. The molecule has 2 heterocycles. The summed E-state index contributed by atoms with van der Waals surface area (Å²) in [6.45, 7) is 10.7. The van der Waals surface area contributed by atoms with E-state index in [0.717, 1.165) is 37.1 Å². The van der Waals surface area contributed by atoms with Crippen LogP contribution in [0.25, 0.3) is 10.9 Å². The van der Waals surface area contributed by atoms with Gasteiger partial charge in [0.05, 0.1) is 12.1 Å². The summed E-state index contributed by atoms with van der Waals surface area (Å²) in [6, 6.07) is 5.81. The second-order valence-electron chi connectivity index (χ2n) is 6.12.